The number of methoxy groups -OCH3 is 1. The summed E-state index contributed by atoms with van der Waals surface area (Å²) in [6.07, 6.45) is 5.42. The Kier molecular flexibility index (Phi) is 4.33. The first-order valence-corrected chi connectivity index (χ1v) is 9.39. The Labute approximate surface area is 168 Å². The van der Waals surface area contributed by atoms with E-state index in [0.717, 1.165) is 45.0 Å². The molecule has 0 fully saturated rings. The lowest BCUT2D eigenvalue weighted by Gasteiger charge is -2.09. The Morgan fingerprint density at radius 1 is 1.00 bits per heavy atom. The third kappa shape index (κ3) is 3.27. The largest absolute Gasteiger partial charge is 0.497 e. The van der Waals surface area contributed by atoms with E-state index in [1.165, 1.54) is 0 Å². The van der Waals surface area contributed by atoms with E-state index in [1.807, 2.05) is 55.0 Å². The minimum Gasteiger partial charge on any atom is -0.497 e. The molecule has 0 radical (unpaired) electrons. The summed E-state index contributed by atoms with van der Waals surface area (Å²) in [4.78, 5) is 8.93. The van der Waals surface area contributed by atoms with E-state index < -0.39 is 0 Å². The average molecular weight is 381 g/mol. The maximum Gasteiger partial charge on any atom is 0.154 e. The molecule has 3 aromatic heterocycles. The second kappa shape index (κ2) is 7.28. The molecule has 0 N–H and O–H groups in total. The summed E-state index contributed by atoms with van der Waals surface area (Å²) in [7, 11) is 1.67. The van der Waals surface area contributed by atoms with Crippen LogP contribution in [0.15, 0.2) is 89.9 Å². The van der Waals surface area contributed by atoms with Gasteiger partial charge in [-0.1, -0.05) is 42.5 Å². The van der Waals surface area contributed by atoms with E-state index in [4.69, 9.17) is 14.1 Å². The number of imidazole rings is 1. The van der Waals surface area contributed by atoms with Crippen LogP contribution >= 0.6 is 0 Å². The van der Waals surface area contributed by atoms with Crippen molar-refractivity contribution in [2.24, 2.45) is 0 Å². The zero-order valence-electron chi connectivity index (χ0n) is 15.9. The summed E-state index contributed by atoms with van der Waals surface area (Å²) in [5, 5.41) is 0.971. The molecule has 0 spiro atoms. The zero-order valence-corrected chi connectivity index (χ0v) is 15.9. The summed E-state index contributed by atoms with van der Waals surface area (Å²) in [6, 6.07) is 22.1. The van der Waals surface area contributed by atoms with Gasteiger partial charge in [-0.25, -0.2) is 4.98 Å². The molecule has 5 nitrogen and oxygen atoms in total. The minimum atomic E-state index is 0.675. The highest BCUT2D eigenvalue weighted by Crippen LogP contribution is 2.35. The van der Waals surface area contributed by atoms with Crippen molar-refractivity contribution in [3.63, 3.8) is 0 Å². The molecule has 0 saturated heterocycles. The predicted molar refractivity (Wildman–Crippen MR) is 113 cm³/mol. The third-order valence-electron chi connectivity index (χ3n) is 4.95. The lowest BCUT2D eigenvalue weighted by Crippen LogP contribution is -2.00. The maximum absolute atomic E-state index is 6.17. The molecule has 2 aromatic carbocycles. The molecule has 0 aliphatic heterocycles. The topological polar surface area (TPSA) is 53.1 Å². The van der Waals surface area contributed by atoms with Gasteiger partial charge in [-0.3, -0.25) is 4.98 Å². The van der Waals surface area contributed by atoms with Crippen LogP contribution in [0.3, 0.4) is 0 Å². The molecule has 0 atom stereocenters. The Morgan fingerprint density at radius 3 is 2.59 bits per heavy atom. The fraction of sp³-hybridized carbons (Fsp3) is 0.0833. The van der Waals surface area contributed by atoms with E-state index in [-0.39, 0.29) is 0 Å². The summed E-state index contributed by atoms with van der Waals surface area (Å²) < 4.78 is 13.6. The molecule has 0 unspecified atom stereocenters. The van der Waals surface area contributed by atoms with Crippen molar-refractivity contribution >= 4 is 11.0 Å². The monoisotopic (exact) mass is 381 g/mol. The van der Waals surface area contributed by atoms with Crippen LogP contribution in [0.5, 0.6) is 5.75 Å². The van der Waals surface area contributed by atoms with E-state index in [0.29, 0.717) is 6.54 Å². The summed E-state index contributed by atoms with van der Waals surface area (Å²) in [5.74, 6) is 1.62. The summed E-state index contributed by atoms with van der Waals surface area (Å²) in [6.45, 7) is 0.675. The maximum atomic E-state index is 6.17. The van der Waals surface area contributed by atoms with Crippen LogP contribution in [0.25, 0.3) is 33.7 Å². The summed E-state index contributed by atoms with van der Waals surface area (Å²) in [5.41, 5.74) is 4.86. The van der Waals surface area contributed by atoms with Crippen molar-refractivity contribution in [2.75, 3.05) is 7.11 Å². The number of hydrogen-bond acceptors (Lipinski definition) is 4. The Bertz CT molecular complexity index is 1220. The normalized spacial score (nSPS) is 11.1. The number of nitrogens with zero attached hydrogens (tertiary/aromatic N) is 3. The number of hydrogen-bond donors (Lipinski definition) is 0. The van der Waals surface area contributed by atoms with Gasteiger partial charge in [-0.2, -0.15) is 0 Å². The first kappa shape index (κ1) is 17.3. The van der Waals surface area contributed by atoms with Crippen LogP contribution < -0.4 is 4.74 Å². The fourth-order valence-corrected chi connectivity index (χ4v) is 3.50. The van der Waals surface area contributed by atoms with Gasteiger partial charge in [0.25, 0.3) is 0 Å². The molecule has 0 aliphatic carbocycles. The van der Waals surface area contributed by atoms with E-state index >= 15 is 0 Å². The molecule has 0 aliphatic rings. The van der Waals surface area contributed by atoms with Crippen LogP contribution in [0.1, 0.15) is 5.56 Å². The van der Waals surface area contributed by atoms with Gasteiger partial charge < -0.3 is 13.7 Å². The third-order valence-corrected chi connectivity index (χ3v) is 4.95. The minimum absolute atomic E-state index is 0.675. The first-order valence-electron chi connectivity index (χ1n) is 9.39. The fourth-order valence-electron chi connectivity index (χ4n) is 3.50. The van der Waals surface area contributed by atoms with Gasteiger partial charge >= 0.3 is 0 Å². The molecule has 0 amide bonds. The molecule has 142 valence electrons. The van der Waals surface area contributed by atoms with Crippen LogP contribution in [-0.4, -0.2) is 21.6 Å². The molecular formula is C24H19N3O2. The number of aromatic nitrogens is 3. The van der Waals surface area contributed by atoms with Gasteiger partial charge in [-0.05, 0) is 29.8 Å². The Hall–Kier alpha value is -3.86. The van der Waals surface area contributed by atoms with E-state index in [2.05, 4.69) is 33.8 Å². The molecule has 3 heterocycles. The first-order chi connectivity index (χ1) is 14.3. The van der Waals surface area contributed by atoms with Crippen LogP contribution in [0.4, 0.5) is 0 Å². The van der Waals surface area contributed by atoms with Crippen LogP contribution in [0, 0.1) is 0 Å². The Morgan fingerprint density at radius 2 is 1.83 bits per heavy atom. The molecule has 0 saturated carbocycles. The van der Waals surface area contributed by atoms with Crippen molar-refractivity contribution < 1.29 is 9.15 Å². The second-order valence-corrected chi connectivity index (χ2v) is 6.81. The molecule has 29 heavy (non-hydrogen) atoms. The SMILES string of the molecule is COc1ccc(Cn2cnc(-c3ccccc3)c2-c2cc3cnccc3o2)cc1. The van der Waals surface area contributed by atoms with Crippen molar-refractivity contribution in [3.05, 3.63) is 91.0 Å². The van der Waals surface area contributed by atoms with Crippen molar-refractivity contribution in [1.82, 2.24) is 14.5 Å². The summed E-state index contributed by atoms with van der Waals surface area (Å²) >= 11 is 0. The van der Waals surface area contributed by atoms with E-state index in [1.54, 1.807) is 13.3 Å². The van der Waals surface area contributed by atoms with Gasteiger partial charge in [0.2, 0.25) is 0 Å². The zero-order chi connectivity index (χ0) is 19.6. The highest BCUT2D eigenvalue weighted by Gasteiger charge is 2.19. The highest BCUT2D eigenvalue weighted by atomic mass is 16.5. The number of furan rings is 1. The van der Waals surface area contributed by atoms with Crippen molar-refractivity contribution in [2.45, 2.75) is 6.54 Å². The van der Waals surface area contributed by atoms with Gasteiger partial charge in [0.1, 0.15) is 17.0 Å². The smallest absolute Gasteiger partial charge is 0.154 e. The molecule has 0 bridgehead atoms. The van der Waals surface area contributed by atoms with Gasteiger partial charge in [0, 0.05) is 29.9 Å². The molecular weight excluding hydrogens is 362 g/mol. The number of pyridine rings is 1. The molecule has 5 rings (SSSR count). The standard InChI is InChI=1S/C24H19N3O2/c1-28-20-9-7-17(8-10-20)15-27-16-26-23(18-5-3-2-4-6-18)24(27)22-13-19-14-25-12-11-21(19)29-22/h2-14,16H,15H2,1H3. The number of fused-ring (bicyclic) bond motifs is 1. The van der Waals surface area contributed by atoms with Crippen LogP contribution in [0.2, 0.25) is 0 Å². The Balaban J connectivity index is 1.63. The highest BCUT2D eigenvalue weighted by molar-refractivity contribution is 5.85. The van der Waals surface area contributed by atoms with Crippen molar-refractivity contribution in [1.29, 1.82) is 0 Å². The predicted octanol–water partition coefficient (Wildman–Crippen LogP) is 5.42. The van der Waals surface area contributed by atoms with Crippen LogP contribution in [-0.2, 0) is 6.54 Å². The van der Waals surface area contributed by atoms with Crippen molar-refractivity contribution in [3.8, 4) is 28.5 Å². The number of rotatable bonds is 5. The quantitative estimate of drug-likeness (QED) is 0.408. The van der Waals surface area contributed by atoms with E-state index in [9.17, 15) is 0 Å². The second-order valence-electron chi connectivity index (χ2n) is 6.81. The van der Waals surface area contributed by atoms with Gasteiger partial charge in [0.05, 0.1) is 19.1 Å². The lowest BCUT2D eigenvalue weighted by molar-refractivity contribution is 0.414. The molecule has 5 heteroatoms. The van der Waals surface area contributed by atoms with Gasteiger partial charge in [-0.15, -0.1) is 0 Å². The lowest BCUT2D eigenvalue weighted by atomic mass is 10.1. The van der Waals surface area contributed by atoms with Gasteiger partial charge in [0.15, 0.2) is 5.76 Å². The number of benzene rings is 2. The average Bonchev–Trinajstić information content (AvgIpc) is 3.38. The molecule has 5 aromatic rings. The number of ether oxygens (including phenoxy) is 1.